The first-order valence-electron chi connectivity index (χ1n) is 11.8. The summed E-state index contributed by atoms with van der Waals surface area (Å²) in [5.74, 6) is -1.42. The number of hydrogen-bond acceptors (Lipinski definition) is 6. The van der Waals surface area contributed by atoms with Crippen LogP contribution in [-0.2, 0) is 14.3 Å². The molecule has 2 aromatic carbocycles. The molecule has 7 nitrogen and oxygen atoms in total. The van der Waals surface area contributed by atoms with Crippen LogP contribution in [0.1, 0.15) is 28.8 Å². The summed E-state index contributed by atoms with van der Waals surface area (Å²) in [6, 6.07) is 13.7. The van der Waals surface area contributed by atoms with Crippen LogP contribution >= 0.6 is 0 Å². The van der Waals surface area contributed by atoms with Gasteiger partial charge in [0.1, 0.15) is 11.8 Å². The van der Waals surface area contributed by atoms with Crippen molar-refractivity contribution in [1.82, 2.24) is 4.90 Å². The van der Waals surface area contributed by atoms with E-state index in [9.17, 15) is 14.4 Å². The average Bonchev–Trinajstić information content (AvgIpc) is 3.57. The van der Waals surface area contributed by atoms with E-state index < -0.39 is 17.9 Å². The van der Waals surface area contributed by atoms with Gasteiger partial charge in [0.2, 0.25) is 11.8 Å². The highest BCUT2D eigenvalue weighted by atomic mass is 16.5. The number of amides is 2. The molecule has 0 aromatic heterocycles. The SMILES string of the molecule is COc1cccc(C(=O)[C@@H]2[C@@H]3C(=O)N(C[C@@H]4CCCO4)C(=O)[C@@H]3[C@@H]3C=Cc4ccccc4N23)c1. The van der Waals surface area contributed by atoms with Gasteiger partial charge in [-0.25, -0.2) is 0 Å². The predicted molar refractivity (Wildman–Crippen MR) is 126 cm³/mol. The number of anilines is 1. The third-order valence-corrected chi connectivity index (χ3v) is 7.54. The number of Topliss-reactive ketones (excluding diaryl/α,β-unsaturated/α-hetero) is 1. The molecule has 7 heteroatoms. The van der Waals surface area contributed by atoms with Gasteiger partial charge in [-0.15, -0.1) is 0 Å². The van der Waals surface area contributed by atoms with Gasteiger partial charge < -0.3 is 14.4 Å². The van der Waals surface area contributed by atoms with Crippen molar-refractivity contribution in [2.45, 2.75) is 31.0 Å². The molecule has 4 aliphatic rings. The van der Waals surface area contributed by atoms with E-state index in [0.29, 0.717) is 17.9 Å². The molecule has 0 unspecified atom stereocenters. The normalized spacial score (nSPS) is 29.3. The highest BCUT2D eigenvalue weighted by Crippen LogP contribution is 2.49. The van der Waals surface area contributed by atoms with E-state index >= 15 is 0 Å². The van der Waals surface area contributed by atoms with E-state index in [1.165, 1.54) is 4.90 Å². The summed E-state index contributed by atoms with van der Waals surface area (Å²) in [5.41, 5.74) is 2.31. The van der Waals surface area contributed by atoms with Crippen LogP contribution in [0, 0.1) is 11.8 Å². The van der Waals surface area contributed by atoms with E-state index in [1.807, 2.05) is 41.3 Å². The van der Waals surface area contributed by atoms with Gasteiger partial charge in [0, 0.05) is 17.9 Å². The van der Waals surface area contributed by atoms with E-state index in [-0.39, 0.29) is 36.3 Å². The molecular formula is C27H26N2O5. The van der Waals surface area contributed by atoms with Crippen LogP contribution in [0.15, 0.2) is 54.6 Å². The molecule has 2 aromatic rings. The highest BCUT2D eigenvalue weighted by Gasteiger charge is 2.64. The van der Waals surface area contributed by atoms with E-state index in [1.54, 1.807) is 31.4 Å². The van der Waals surface area contributed by atoms with Gasteiger partial charge >= 0.3 is 0 Å². The summed E-state index contributed by atoms with van der Waals surface area (Å²) < 4.78 is 11.0. The largest absolute Gasteiger partial charge is 0.497 e. The number of rotatable bonds is 5. The molecule has 34 heavy (non-hydrogen) atoms. The number of methoxy groups -OCH3 is 1. The highest BCUT2D eigenvalue weighted by molar-refractivity contribution is 6.14. The van der Waals surface area contributed by atoms with E-state index in [0.717, 1.165) is 24.1 Å². The Morgan fingerprint density at radius 1 is 1.09 bits per heavy atom. The number of para-hydroxylation sites is 1. The van der Waals surface area contributed by atoms with Crippen LogP contribution in [0.25, 0.3) is 6.08 Å². The van der Waals surface area contributed by atoms with Crippen LogP contribution in [0.3, 0.4) is 0 Å². The number of likely N-dealkylation sites (tertiary alicyclic amines) is 1. The molecule has 0 bridgehead atoms. The van der Waals surface area contributed by atoms with Crippen molar-refractivity contribution in [1.29, 1.82) is 0 Å². The molecule has 0 aliphatic carbocycles. The van der Waals surface area contributed by atoms with Gasteiger partial charge in [0.15, 0.2) is 5.78 Å². The van der Waals surface area contributed by atoms with Gasteiger partial charge in [0.05, 0.1) is 37.6 Å². The maximum absolute atomic E-state index is 14.0. The Morgan fingerprint density at radius 2 is 1.91 bits per heavy atom. The lowest BCUT2D eigenvalue weighted by atomic mass is 9.86. The summed E-state index contributed by atoms with van der Waals surface area (Å²) in [7, 11) is 1.55. The van der Waals surface area contributed by atoms with Crippen molar-refractivity contribution in [3.05, 3.63) is 65.7 Å². The number of carbonyl (C=O) groups is 3. The summed E-state index contributed by atoms with van der Waals surface area (Å²) in [6.45, 7) is 0.915. The summed E-state index contributed by atoms with van der Waals surface area (Å²) in [5, 5.41) is 0. The lowest BCUT2D eigenvalue weighted by Gasteiger charge is -2.36. The van der Waals surface area contributed by atoms with Gasteiger partial charge in [0.25, 0.3) is 0 Å². The minimum absolute atomic E-state index is 0.127. The molecular weight excluding hydrogens is 432 g/mol. The van der Waals surface area contributed by atoms with Gasteiger partial charge in [-0.3, -0.25) is 19.3 Å². The topological polar surface area (TPSA) is 76.1 Å². The zero-order valence-electron chi connectivity index (χ0n) is 18.9. The Balaban J connectivity index is 1.43. The van der Waals surface area contributed by atoms with Crippen LogP contribution in [-0.4, -0.2) is 60.9 Å². The number of imide groups is 1. The van der Waals surface area contributed by atoms with Gasteiger partial charge in [-0.05, 0) is 36.6 Å². The fourth-order valence-corrected chi connectivity index (χ4v) is 5.99. The molecule has 4 heterocycles. The van der Waals surface area contributed by atoms with E-state index in [2.05, 4.69) is 0 Å². The quantitative estimate of drug-likeness (QED) is 0.507. The minimum atomic E-state index is -0.779. The second kappa shape index (κ2) is 8.09. The number of hydrogen-bond donors (Lipinski definition) is 0. The number of carbonyl (C=O) groups excluding carboxylic acids is 3. The zero-order chi connectivity index (χ0) is 23.4. The van der Waals surface area contributed by atoms with Crippen molar-refractivity contribution in [2.75, 3.05) is 25.2 Å². The summed E-state index contributed by atoms with van der Waals surface area (Å²) >= 11 is 0. The molecule has 4 aliphatic heterocycles. The zero-order valence-corrected chi connectivity index (χ0v) is 18.9. The van der Waals surface area contributed by atoms with Crippen molar-refractivity contribution in [2.24, 2.45) is 11.8 Å². The third-order valence-electron chi connectivity index (χ3n) is 7.54. The molecule has 0 spiro atoms. The maximum Gasteiger partial charge on any atom is 0.235 e. The van der Waals surface area contributed by atoms with Crippen LogP contribution in [0.2, 0.25) is 0 Å². The van der Waals surface area contributed by atoms with Crippen LogP contribution in [0.4, 0.5) is 5.69 Å². The minimum Gasteiger partial charge on any atom is -0.497 e. The summed E-state index contributed by atoms with van der Waals surface area (Å²) in [4.78, 5) is 44.7. The second-order valence-corrected chi connectivity index (χ2v) is 9.33. The van der Waals surface area contributed by atoms with Crippen LogP contribution in [0.5, 0.6) is 5.75 Å². The fraction of sp³-hybridized carbons (Fsp3) is 0.370. The number of ether oxygens (including phenoxy) is 2. The Hall–Kier alpha value is -3.45. The lowest BCUT2D eigenvalue weighted by molar-refractivity contribution is -0.142. The van der Waals surface area contributed by atoms with Crippen molar-refractivity contribution >= 4 is 29.4 Å². The standard InChI is InChI=1S/C27H26N2O5/c1-33-18-8-4-7-17(14-18)25(30)24-23-22(21-12-11-16-6-2-3-10-20(16)29(21)24)26(31)28(27(23)32)15-19-9-5-13-34-19/h2-4,6-8,10-12,14,19,21-24H,5,9,13,15H2,1H3/t19-,21-,22+,23+,24-/m0/s1. The smallest absolute Gasteiger partial charge is 0.235 e. The average molecular weight is 459 g/mol. The Kier molecular flexibility index (Phi) is 5.03. The molecule has 3 fully saturated rings. The number of fused-ring (bicyclic) bond motifs is 5. The molecule has 0 N–H and O–H groups in total. The van der Waals surface area contributed by atoms with Crippen LogP contribution < -0.4 is 9.64 Å². The first-order chi connectivity index (χ1) is 16.6. The lowest BCUT2D eigenvalue weighted by Crippen LogP contribution is -2.49. The number of ketones is 1. The molecule has 3 saturated heterocycles. The van der Waals surface area contributed by atoms with Crippen molar-refractivity contribution in [3.63, 3.8) is 0 Å². The third kappa shape index (κ3) is 3.10. The predicted octanol–water partition coefficient (Wildman–Crippen LogP) is 2.94. The molecule has 174 valence electrons. The van der Waals surface area contributed by atoms with Gasteiger partial charge in [-0.1, -0.05) is 42.5 Å². The van der Waals surface area contributed by atoms with Crippen molar-refractivity contribution in [3.8, 4) is 5.75 Å². The van der Waals surface area contributed by atoms with E-state index in [4.69, 9.17) is 9.47 Å². The molecule has 5 atom stereocenters. The fourth-order valence-electron chi connectivity index (χ4n) is 5.99. The molecule has 0 radical (unpaired) electrons. The maximum atomic E-state index is 14.0. The van der Waals surface area contributed by atoms with Crippen molar-refractivity contribution < 1.29 is 23.9 Å². The Morgan fingerprint density at radius 3 is 2.71 bits per heavy atom. The first kappa shape index (κ1) is 21.1. The van der Waals surface area contributed by atoms with Gasteiger partial charge in [-0.2, -0.15) is 0 Å². The summed E-state index contributed by atoms with van der Waals surface area (Å²) in [6.07, 6.45) is 5.60. The number of benzene rings is 2. The molecule has 6 rings (SSSR count). The molecule has 0 saturated carbocycles. The monoisotopic (exact) mass is 458 g/mol. The second-order valence-electron chi connectivity index (χ2n) is 9.33. The molecule has 2 amide bonds. The number of nitrogens with zero attached hydrogens (tertiary/aromatic N) is 2. The Labute approximate surface area is 197 Å². The Bertz CT molecular complexity index is 1200. The first-order valence-corrected chi connectivity index (χ1v) is 11.8.